The van der Waals surface area contributed by atoms with Gasteiger partial charge in [0.05, 0.1) is 13.1 Å². The van der Waals surface area contributed by atoms with Crippen molar-refractivity contribution in [1.29, 1.82) is 0 Å². The zero-order valence-corrected chi connectivity index (χ0v) is 16.6. The van der Waals surface area contributed by atoms with E-state index in [9.17, 15) is 4.79 Å². The minimum Gasteiger partial charge on any atom is -0.486 e. The number of nitrogens with one attached hydrogen (secondary N) is 1. The first-order valence-electron chi connectivity index (χ1n) is 8.91. The molecule has 0 atom stereocenters. The van der Waals surface area contributed by atoms with Gasteiger partial charge in [0.2, 0.25) is 5.91 Å². The van der Waals surface area contributed by atoms with Crippen LogP contribution in [0, 0.1) is 0 Å². The summed E-state index contributed by atoms with van der Waals surface area (Å²) in [6.45, 7) is 1.71. The van der Waals surface area contributed by atoms with E-state index >= 15 is 0 Å². The van der Waals surface area contributed by atoms with E-state index in [-0.39, 0.29) is 12.5 Å². The van der Waals surface area contributed by atoms with Crippen molar-refractivity contribution in [3.8, 4) is 11.5 Å². The van der Waals surface area contributed by atoms with Gasteiger partial charge < -0.3 is 19.7 Å². The molecule has 7 heteroatoms. The first-order valence-corrected chi connectivity index (χ1v) is 10.2. The molecular weight excluding hydrogens is 396 g/mol. The molecule has 1 amide bonds. The Morgan fingerprint density at radius 2 is 1.86 bits per heavy atom. The van der Waals surface area contributed by atoms with Gasteiger partial charge in [-0.3, -0.25) is 4.79 Å². The lowest BCUT2D eigenvalue weighted by Gasteiger charge is -2.25. The molecule has 0 radical (unpaired) electrons. The van der Waals surface area contributed by atoms with E-state index in [1.54, 1.807) is 28.4 Å². The van der Waals surface area contributed by atoms with Crippen molar-refractivity contribution in [3.63, 3.8) is 0 Å². The average Bonchev–Trinajstić information content (AvgIpc) is 3.24. The van der Waals surface area contributed by atoms with Gasteiger partial charge in [-0.2, -0.15) is 0 Å². The molecule has 1 aromatic heterocycles. The molecule has 0 saturated heterocycles. The van der Waals surface area contributed by atoms with Crippen LogP contribution in [0.5, 0.6) is 11.5 Å². The molecule has 1 N–H and O–H groups in total. The van der Waals surface area contributed by atoms with Crippen molar-refractivity contribution in [2.45, 2.75) is 6.54 Å². The number of carbonyl (C=O) groups is 1. The number of benzene rings is 2. The van der Waals surface area contributed by atoms with E-state index in [0.717, 1.165) is 16.3 Å². The van der Waals surface area contributed by atoms with Gasteiger partial charge in [-0.15, -0.1) is 11.3 Å². The van der Waals surface area contributed by atoms with Crippen molar-refractivity contribution in [3.05, 3.63) is 69.9 Å². The highest BCUT2D eigenvalue weighted by Crippen LogP contribution is 2.34. The fourth-order valence-corrected chi connectivity index (χ4v) is 3.74. The van der Waals surface area contributed by atoms with Gasteiger partial charge in [0, 0.05) is 27.3 Å². The monoisotopic (exact) mass is 414 g/mol. The number of ether oxygens (including phenoxy) is 2. The van der Waals surface area contributed by atoms with E-state index in [0.29, 0.717) is 36.3 Å². The van der Waals surface area contributed by atoms with Crippen molar-refractivity contribution >= 4 is 40.2 Å². The lowest BCUT2D eigenvalue weighted by Crippen LogP contribution is -2.35. The summed E-state index contributed by atoms with van der Waals surface area (Å²) < 4.78 is 11.3. The van der Waals surface area contributed by atoms with E-state index in [2.05, 4.69) is 5.32 Å². The summed E-state index contributed by atoms with van der Waals surface area (Å²) >= 11 is 7.54. The number of hydrogen-bond donors (Lipinski definition) is 1. The molecule has 2 heterocycles. The molecule has 1 aliphatic heterocycles. The van der Waals surface area contributed by atoms with Crippen LogP contribution in [0.2, 0.25) is 5.02 Å². The summed E-state index contributed by atoms with van der Waals surface area (Å²) in [4.78, 5) is 15.9. The Kier molecular flexibility index (Phi) is 5.69. The van der Waals surface area contributed by atoms with Gasteiger partial charge in [-0.05, 0) is 47.8 Å². The Bertz CT molecular complexity index is 945. The molecule has 2 aromatic carbocycles. The highest BCUT2D eigenvalue weighted by Gasteiger charge is 2.20. The second-order valence-corrected chi connectivity index (χ2v) is 7.72. The van der Waals surface area contributed by atoms with E-state index in [4.69, 9.17) is 21.1 Å². The van der Waals surface area contributed by atoms with Gasteiger partial charge in [0.25, 0.3) is 0 Å². The van der Waals surface area contributed by atoms with Crippen LogP contribution in [0.4, 0.5) is 11.4 Å². The van der Waals surface area contributed by atoms with Crippen LogP contribution in [-0.2, 0) is 11.3 Å². The van der Waals surface area contributed by atoms with Gasteiger partial charge in [-0.25, -0.2) is 0 Å². The third-order valence-electron chi connectivity index (χ3n) is 4.32. The molecule has 0 spiro atoms. The fraction of sp³-hybridized carbons (Fsp3) is 0.190. The van der Waals surface area contributed by atoms with Gasteiger partial charge in [-0.1, -0.05) is 17.7 Å². The normalized spacial score (nSPS) is 12.5. The smallest absolute Gasteiger partial charge is 0.246 e. The molecule has 144 valence electrons. The number of thiophene rings is 1. The summed E-state index contributed by atoms with van der Waals surface area (Å²) in [7, 11) is 0. The Morgan fingerprint density at radius 1 is 1.07 bits per heavy atom. The lowest BCUT2D eigenvalue weighted by molar-refractivity contribution is -0.117. The summed E-state index contributed by atoms with van der Waals surface area (Å²) in [6.07, 6.45) is 0. The van der Waals surface area contributed by atoms with Crippen LogP contribution in [0.15, 0.2) is 60.0 Å². The minimum atomic E-state index is -0.0416. The first-order chi connectivity index (χ1) is 13.7. The van der Waals surface area contributed by atoms with E-state index in [1.165, 1.54) is 0 Å². The number of anilines is 2. The molecule has 1 aliphatic rings. The van der Waals surface area contributed by atoms with Crippen molar-refractivity contribution in [2.75, 3.05) is 30.0 Å². The van der Waals surface area contributed by atoms with Crippen LogP contribution in [-0.4, -0.2) is 25.7 Å². The predicted molar refractivity (Wildman–Crippen MR) is 113 cm³/mol. The topological polar surface area (TPSA) is 50.8 Å². The van der Waals surface area contributed by atoms with Gasteiger partial charge in [0.1, 0.15) is 13.2 Å². The van der Waals surface area contributed by atoms with Crippen LogP contribution in [0.1, 0.15) is 4.88 Å². The Balaban J connectivity index is 1.54. The predicted octanol–water partition coefficient (Wildman–Crippen LogP) is 4.82. The Hall–Kier alpha value is -2.70. The molecular formula is C21H19ClN2O3S. The lowest BCUT2D eigenvalue weighted by atomic mass is 10.2. The average molecular weight is 415 g/mol. The first kappa shape index (κ1) is 18.7. The molecule has 0 aliphatic carbocycles. The molecule has 4 rings (SSSR count). The second kappa shape index (κ2) is 8.54. The van der Waals surface area contributed by atoms with Gasteiger partial charge >= 0.3 is 0 Å². The highest BCUT2D eigenvalue weighted by molar-refractivity contribution is 7.09. The quantitative estimate of drug-likeness (QED) is 0.628. The number of hydrogen-bond acceptors (Lipinski definition) is 5. The fourth-order valence-electron chi connectivity index (χ4n) is 2.92. The molecule has 3 aromatic rings. The molecule has 5 nitrogen and oxygen atoms in total. The zero-order valence-electron chi connectivity index (χ0n) is 15.1. The van der Waals surface area contributed by atoms with Gasteiger partial charge in [0.15, 0.2) is 11.5 Å². The zero-order chi connectivity index (χ0) is 19.3. The molecule has 28 heavy (non-hydrogen) atoms. The highest BCUT2D eigenvalue weighted by atomic mass is 35.5. The number of nitrogens with zero attached hydrogens (tertiary/aromatic N) is 1. The summed E-state index contributed by atoms with van der Waals surface area (Å²) in [5.74, 6) is 1.33. The minimum absolute atomic E-state index is 0.0416. The third kappa shape index (κ3) is 4.40. The maximum absolute atomic E-state index is 13.0. The number of fused-ring (bicyclic) bond motifs is 1. The molecule has 0 unspecified atom stereocenters. The van der Waals surface area contributed by atoms with E-state index < -0.39 is 0 Å². The molecule has 0 saturated carbocycles. The van der Waals surface area contributed by atoms with E-state index in [1.807, 2.05) is 47.8 Å². The number of rotatable bonds is 6. The summed E-state index contributed by atoms with van der Waals surface area (Å²) in [5.41, 5.74) is 1.62. The van der Waals surface area contributed by atoms with Crippen LogP contribution < -0.4 is 19.7 Å². The molecule has 0 fully saturated rings. The maximum atomic E-state index is 13.0. The van der Waals surface area contributed by atoms with Crippen molar-refractivity contribution < 1.29 is 14.3 Å². The van der Waals surface area contributed by atoms with Crippen LogP contribution in [0.3, 0.4) is 0 Å². The Labute approximate surface area is 172 Å². The largest absolute Gasteiger partial charge is 0.486 e. The molecule has 0 bridgehead atoms. The van der Waals surface area contributed by atoms with Crippen LogP contribution >= 0.6 is 22.9 Å². The Morgan fingerprint density at radius 3 is 2.61 bits per heavy atom. The maximum Gasteiger partial charge on any atom is 0.246 e. The standard InChI is InChI=1S/C21H19ClN2O3S/c22-15-3-5-16(6-4-15)23-13-21(25)24(14-18-2-1-11-28-18)17-7-8-19-20(12-17)27-10-9-26-19/h1-8,11-12,23H,9-10,13-14H2. The summed E-state index contributed by atoms with van der Waals surface area (Å²) in [6, 6.07) is 16.9. The number of amides is 1. The van der Waals surface area contributed by atoms with Crippen molar-refractivity contribution in [1.82, 2.24) is 0 Å². The second-order valence-electron chi connectivity index (χ2n) is 6.25. The summed E-state index contributed by atoms with van der Waals surface area (Å²) in [5, 5.41) is 5.83. The van der Waals surface area contributed by atoms with Crippen molar-refractivity contribution in [2.24, 2.45) is 0 Å². The number of carbonyl (C=O) groups excluding carboxylic acids is 1. The van der Waals surface area contributed by atoms with Crippen LogP contribution in [0.25, 0.3) is 0 Å². The third-order valence-corrected chi connectivity index (χ3v) is 5.43. The number of halogens is 1. The SMILES string of the molecule is O=C(CNc1ccc(Cl)cc1)N(Cc1cccs1)c1ccc2c(c1)OCCO2.